The lowest BCUT2D eigenvalue weighted by Gasteiger charge is -2.24. The minimum atomic E-state index is -0.962. The molecule has 2 unspecified atom stereocenters. The van der Waals surface area contributed by atoms with Gasteiger partial charge in [-0.3, -0.25) is 9.59 Å². The Bertz CT molecular complexity index is 608. The van der Waals surface area contributed by atoms with E-state index in [2.05, 4.69) is 38.3 Å². The van der Waals surface area contributed by atoms with Gasteiger partial charge in [-0.2, -0.15) is 0 Å². The van der Waals surface area contributed by atoms with Gasteiger partial charge >= 0.3 is 0 Å². The quantitative estimate of drug-likeness (QED) is 0.710. The summed E-state index contributed by atoms with van der Waals surface area (Å²) in [7, 11) is 0. The van der Waals surface area contributed by atoms with Crippen LogP contribution in [-0.4, -0.2) is 29.1 Å². The van der Waals surface area contributed by atoms with E-state index in [0.717, 1.165) is 29.7 Å². The van der Waals surface area contributed by atoms with Gasteiger partial charge < -0.3 is 15.7 Å². The normalized spacial score (nSPS) is 16.6. The number of hydrogen-bond donors (Lipinski definition) is 3. The van der Waals surface area contributed by atoms with Crippen molar-refractivity contribution < 1.29 is 14.7 Å². The SMILES string of the molecule is CC(C)c1cccc(C(C)C)c1NC(=O)C(NC(=O)C1CC1)C(C)O. The van der Waals surface area contributed by atoms with Crippen molar-refractivity contribution in [2.24, 2.45) is 5.92 Å². The van der Waals surface area contributed by atoms with E-state index < -0.39 is 12.1 Å². The van der Waals surface area contributed by atoms with Crippen LogP contribution in [0.2, 0.25) is 0 Å². The number of benzene rings is 1. The van der Waals surface area contributed by atoms with Crippen LogP contribution in [0.1, 0.15) is 70.4 Å². The third-order valence-electron chi connectivity index (χ3n) is 4.63. The second kappa shape index (κ2) is 8.00. The fraction of sp³-hybridized carbons (Fsp3) is 0.600. The van der Waals surface area contributed by atoms with Crippen molar-refractivity contribution in [3.05, 3.63) is 29.3 Å². The highest BCUT2D eigenvalue weighted by molar-refractivity contribution is 5.99. The van der Waals surface area contributed by atoms with E-state index >= 15 is 0 Å². The molecule has 0 radical (unpaired) electrons. The first-order valence-electron chi connectivity index (χ1n) is 9.14. The van der Waals surface area contributed by atoms with Crippen LogP contribution in [0.25, 0.3) is 0 Å². The number of aliphatic hydroxyl groups excluding tert-OH is 1. The van der Waals surface area contributed by atoms with Crippen molar-refractivity contribution >= 4 is 17.5 Å². The summed E-state index contributed by atoms with van der Waals surface area (Å²) in [4.78, 5) is 24.8. The average molecular weight is 346 g/mol. The molecular formula is C20H30N2O3. The molecule has 1 aromatic carbocycles. The molecule has 0 spiro atoms. The van der Waals surface area contributed by atoms with E-state index in [9.17, 15) is 14.7 Å². The maximum absolute atomic E-state index is 12.8. The Labute approximate surface area is 150 Å². The van der Waals surface area contributed by atoms with Gasteiger partial charge in [0.1, 0.15) is 6.04 Å². The van der Waals surface area contributed by atoms with Crippen molar-refractivity contribution in [3.63, 3.8) is 0 Å². The van der Waals surface area contributed by atoms with Crippen LogP contribution in [0, 0.1) is 5.92 Å². The van der Waals surface area contributed by atoms with Gasteiger partial charge in [-0.25, -0.2) is 0 Å². The monoisotopic (exact) mass is 346 g/mol. The van der Waals surface area contributed by atoms with Crippen LogP contribution < -0.4 is 10.6 Å². The highest BCUT2D eigenvalue weighted by atomic mass is 16.3. The lowest BCUT2D eigenvalue weighted by atomic mass is 9.92. The van der Waals surface area contributed by atoms with E-state index in [-0.39, 0.29) is 29.6 Å². The molecule has 1 aliphatic carbocycles. The number of aliphatic hydroxyl groups is 1. The Balaban J connectivity index is 2.26. The topological polar surface area (TPSA) is 78.4 Å². The Morgan fingerprint density at radius 3 is 1.96 bits per heavy atom. The molecule has 25 heavy (non-hydrogen) atoms. The molecule has 2 atom stereocenters. The molecule has 5 heteroatoms. The number of hydrogen-bond acceptors (Lipinski definition) is 3. The van der Waals surface area contributed by atoms with Crippen LogP contribution in [0.4, 0.5) is 5.69 Å². The summed E-state index contributed by atoms with van der Waals surface area (Å²) in [5.74, 6) is -0.0374. The average Bonchev–Trinajstić information content (AvgIpc) is 3.36. The van der Waals surface area contributed by atoms with Crippen molar-refractivity contribution in [1.82, 2.24) is 5.32 Å². The Hall–Kier alpha value is -1.88. The molecule has 2 rings (SSSR count). The molecule has 0 heterocycles. The molecule has 2 amide bonds. The minimum Gasteiger partial charge on any atom is -0.391 e. The second-order valence-corrected chi connectivity index (χ2v) is 7.61. The summed E-state index contributed by atoms with van der Waals surface area (Å²) >= 11 is 0. The maximum Gasteiger partial charge on any atom is 0.249 e. The number of rotatable bonds is 7. The zero-order valence-corrected chi connectivity index (χ0v) is 15.8. The third kappa shape index (κ3) is 4.82. The van der Waals surface area contributed by atoms with E-state index in [1.165, 1.54) is 6.92 Å². The van der Waals surface area contributed by atoms with Crippen molar-refractivity contribution in [2.45, 2.75) is 71.4 Å². The molecule has 0 aromatic heterocycles. The number of carbonyl (C=O) groups excluding carboxylic acids is 2. The van der Waals surface area contributed by atoms with Crippen LogP contribution in [0.3, 0.4) is 0 Å². The van der Waals surface area contributed by atoms with Crippen LogP contribution in [0.15, 0.2) is 18.2 Å². The van der Waals surface area contributed by atoms with E-state index in [4.69, 9.17) is 0 Å². The summed E-state index contributed by atoms with van der Waals surface area (Å²) in [5.41, 5.74) is 2.90. The third-order valence-corrected chi connectivity index (χ3v) is 4.63. The molecule has 3 N–H and O–H groups in total. The number of nitrogens with one attached hydrogen (secondary N) is 2. The molecule has 1 fully saturated rings. The first kappa shape index (κ1) is 19.4. The number of anilines is 1. The van der Waals surface area contributed by atoms with Gasteiger partial charge in [0.2, 0.25) is 11.8 Å². The number of amides is 2. The van der Waals surface area contributed by atoms with Gasteiger partial charge in [0.05, 0.1) is 6.10 Å². The summed E-state index contributed by atoms with van der Waals surface area (Å²) < 4.78 is 0. The van der Waals surface area contributed by atoms with Gasteiger partial charge in [-0.15, -0.1) is 0 Å². The Kier molecular flexibility index (Phi) is 6.22. The van der Waals surface area contributed by atoms with Gasteiger partial charge in [-0.1, -0.05) is 45.9 Å². The van der Waals surface area contributed by atoms with Crippen molar-refractivity contribution in [2.75, 3.05) is 5.32 Å². The van der Waals surface area contributed by atoms with E-state index in [1.54, 1.807) is 0 Å². The van der Waals surface area contributed by atoms with Gasteiger partial charge in [0.15, 0.2) is 0 Å². The highest BCUT2D eigenvalue weighted by Crippen LogP contribution is 2.33. The number of carbonyl (C=O) groups is 2. The summed E-state index contributed by atoms with van der Waals surface area (Å²) in [6, 6.07) is 5.06. The molecule has 1 saturated carbocycles. The Morgan fingerprint density at radius 1 is 1.04 bits per heavy atom. The van der Waals surface area contributed by atoms with Gasteiger partial charge in [0, 0.05) is 11.6 Å². The Morgan fingerprint density at radius 2 is 1.56 bits per heavy atom. The summed E-state index contributed by atoms with van der Waals surface area (Å²) in [5, 5.41) is 15.7. The lowest BCUT2D eigenvalue weighted by Crippen LogP contribution is -2.50. The zero-order valence-electron chi connectivity index (χ0n) is 15.8. The fourth-order valence-corrected chi connectivity index (χ4v) is 2.92. The van der Waals surface area contributed by atoms with Crippen LogP contribution >= 0.6 is 0 Å². The highest BCUT2D eigenvalue weighted by Gasteiger charge is 2.34. The first-order chi connectivity index (χ1) is 11.7. The zero-order chi connectivity index (χ0) is 18.7. The first-order valence-corrected chi connectivity index (χ1v) is 9.14. The maximum atomic E-state index is 12.8. The second-order valence-electron chi connectivity index (χ2n) is 7.61. The summed E-state index contributed by atoms with van der Waals surface area (Å²) in [6.07, 6.45) is 0.748. The van der Waals surface area contributed by atoms with E-state index in [0.29, 0.717) is 0 Å². The van der Waals surface area contributed by atoms with Crippen LogP contribution in [0.5, 0.6) is 0 Å². The molecule has 1 aliphatic rings. The molecular weight excluding hydrogens is 316 g/mol. The van der Waals surface area contributed by atoms with Crippen LogP contribution in [-0.2, 0) is 9.59 Å². The predicted octanol–water partition coefficient (Wildman–Crippen LogP) is 3.15. The standard InChI is InChI=1S/C20H30N2O3/c1-11(2)15-7-6-8-16(12(3)4)18(15)22-20(25)17(13(5)23)21-19(24)14-9-10-14/h6-8,11-14,17,23H,9-10H2,1-5H3,(H,21,24)(H,22,25). The molecule has 138 valence electrons. The molecule has 1 aromatic rings. The minimum absolute atomic E-state index is 0.0109. The molecule has 0 bridgehead atoms. The summed E-state index contributed by atoms with van der Waals surface area (Å²) in [6.45, 7) is 9.84. The smallest absolute Gasteiger partial charge is 0.249 e. The molecule has 0 saturated heterocycles. The van der Waals surface area contributed by atoms with Crippen molar-refractivity contribution in [1.29, 1.82) is 0 Å². The predicted molar refractivity (Wildman–Crippen MR) is 99.6 cm³/mol. The van der Waals surface area contributed by atoms with Gasteiger partial charge in [0.25, 0.3) is 0 Å². The fourth-order valence-electron chi connectivity index (χ4n) is 2.92. The number of para-hydroxylation sites is 1. The van der Waals surface area contributed by atoms with Gasteiger partial charge in [-0.05, 0) is 42.7 Å². The molecule has 5 nitrogen and oxygen atoms in total. The molecule has 0 aliphatic heterocycles. The van der Waals surface area contributed by atoms with E-state index in [1.807, 2.05) is 18.2 Å². The largest absolute Gasteiger partial charge is 0.391 e. The van der Waals surface area contributed by atoms with Crippen molar-refractivity contribution in [3.8, 4) is 0 Å². The lowest BCUT2D eigenvalue weighted by molar-refractivity contribution is -0.129.